The third-order valence-electron chi connectivity index (χ3n) is 3.33. The topological polar surface area (TPSA) is 38.3 Å². The van der Waals surface area contributed by atoms with Crippen LogP contribution in [0.4, 0.5) is 0 Å². The van der Waals surface area contributed by atoms with Gasteiger partial charge in [-0.15, -0.1) is 0 Å². The van der Waals surface area contributed by atoms with E-state index in [1.54, 1.807) is 25.3 Å². The predicted octanol–water partition coefficient (Wildman–Crippen LogP) is 4.25. The van der Waals surface area contributed by atoms with Gasteiger partial charge < -0.3 is 10.1 Å². The molecule has 0 heterocycles. The van der Waals surface area contributed by atoms with Crippen molar-refractivity contribution in [3.63, 3.8) is 0 Å². The number of nitrogens with one attached hydrogen (secondary N) is 1. The Morgan fingerprint density at radius 2 is 1.77 bits per heavy atom. The molecular formula is C17H17Cl2NO2. The minimum atomic E-state index is -0.0538. The summed E-state index contributed by atoms with van der Waals surface area (Å²) in [6.45, 7) is 0.430. The van der Waals surface area contributed by atoms with Gasteiger partial charge in [0.25, 0.3) is 0 Å². The highest BCUT2D eigenvalue weighted by Gasteiger charge is 2.09. The van der Waals surface area contributed by atoms with Gasteiger partial charge in [0.05, 0.1) is 7.11 Å². The third kappa shape index (κ3) is 4.39. The van der Waals surface area contributed by atoms with Crippen molar-refractivity contribution in [3.8, 4) is 5.75 Å². The zero-order valence-corrected chi connectivity index (χ0v) is 13.7. The minimum absolute atomic E-state index is 0.0538. The second-order valence-electron chi connectivity index (χ2n) is 4.79. The van der Waals surface area contributed by atoms with Crippen molar-refractivity contribution < 1.29 is 9.53 Å². The molecule has 1 amide bonds. The monoisotopic (exact) mass is 337 g/mol. The van der Waals surface area contributed by atoms with E-state index in [4.69, 9.17) is 27.9 Å². The first-order valence-corrected chi connectivity index (χ1v) is 7.69. The van der Waals surface area contributed by atoms with Crippen molar-refractivity contribution in [2.75, 3.05) is 7.11 Å². The molecule has 0 radical (unpaired) electrons. The minimum Gasteiger partial charge on any atom is -0.496 e. The number of carbonyl (C=O) groups excluding carboxylic acids is 1. The lowest BCUT2D eigenvalue weighted by atomic mass is 10.1. The van der Waals surface area contributed by atoms with Crippen molar-refractivity contribution in [1.29, 1.82) is 0 Å². The zero-order chi connectivity index (χ0) is 15.9. The fraction of sp³-hybridized carbons (Fsp3) is 0.235. The Labute approximate surface area is 140 Å². The van der Waals surface area contributed by atoms with Crippen LogP contribution in [0.15, 0.2) is 42.5 Å². The lowest BCUT2D eigenvalue weighted by Gasteiger charge is -2.10. The van der Waals surface area contributed by atoms with Crippen LogP contribution in [0.2, 0.25) is 10.0 Å². The van der Waals surface area contributed by atoms with Gasteiger partial charge in [0, 0.05) is 28.6 Å². The van der Waals surface area contributed by atoms with E-state index < -0.39 is 0 Å². The molecule has 2 rings (SSSR count). The number of para-hydroxylation sites is 1. The van der Waals surface area contributed by atoms with Crippen molar-refractivity contribution in [1.82, 2.24) is 5.32 Å². The van der Waals surface area contributed by atoms with Gasteiger partial charge in [-0.25, -0.2) is 0 Å². The van der Waals surface area contributed by atoms with Crippen LogP contribution in [0, 0.1) is 0 Å². The lowest BCUT2D eigenvalue weighted by molar-refractivity contribution is -0.121. The van der Waals surface area contributed by atoms with Crippen molar-refractivity contribution in [2.45, 2.75) is 19.4 Å². The molecule has 0 aromatic heterocycles. The average molecular weight is 338 g/mol. The van der Waals surface area contributed by atoms with Gasteiger partial charge in [-0.3, -0.25) is 4.79 Å². The van der Waals surface area contributed by atoms with E-state index in [9.17, 15) is 4.79 Å². The average Bonchev–Trinajstić information content (AvgIpc) is 2.52. The van der Waals surface area contributed by atoms with Crippen LogP contribution < -0.4 is 10.1 Å². The maximum Gasteiger partial charge on any atom is 0.220 e. The summed E-state index contributed by atoms with van der Waals surface area (Å²) in [5.41, 5.74) is 1.74. The summed E-state index contributed by atoms with van der Waals surface area (Å²) >= 11 is 12.2. The molecule has 0 saturated heterocycles. The Kier molecular flexibility index (Phi) is 6.10. The molecule has 0 saturated carbocycles. The molecule has 0 atom stereocenters. The molecule has 2 aromatic carbocycles. The molecule has 2 aromatic rings. The first-order valence-electron chi connectivity index (χ1n) is 6.93. The number of hydrogen-bond acceptors (Lipinski definition) is 2. The summed E-state index contributed by atoms with van der Waals surface area (Å²) in [6.07, 6.45) is 0.842. The van der Waals surface area contributed by atoms with Crippen molar-refractivity contribution in [3.05, 3.63) is 63.6 Å². The summed E-state index contributed by atoms with van der Waals surface area (Å²) in [5, 5.41) is 4.05. The third-order valence-corrected chi connectivity index (χ3v) is 4.04. The molecule has 0 aliphatic carbocycles. The van der Waals surface area contributed by atoms with E-state index in [1.807, 2.05) is 24.3 Å². The first kappa shape index (κ1) is 16.7. The second kappa shape index (κ2) is 8.06. The van der Waals surface area contributed by atoms with E-state index in [0.29, 0.717) is 29.4 Å². The van der Waals surface area contributed by atoms with Gasteiger partial charge in [0.15, 0.2) is 0 Å². The van der Waals surface area contributed by atoms with Crippen LogP contribution in [0.1, 0.15) is 17.5 Å². The molecule has 0 aliphatic heterocycles. The van der Waals surface area contributed by atoms with E-state index in [0.717, 1.165) is 16.9 Å². The van der Waals surface area contributed by atoms with Crippen LogP contribution in [0.3, 0.4) is 0 Å². The lowest BCUT2D eigenvalue weighted by Crippen LogP contribution is -2.23. The summed E-state index contributed by atoms with van der Waals surface area (Å²) in [5.74, 6) is 0.707. The highest BCUT2D eigenvalue weighted by molar-refractivity contribution is 6.36. The number of methoxy groups -OCH3 is 1. The molecule has 3 nitrogen and oxygen atoms in total. The van der Waals surface area contributed by atoms with Gasteiger partial charge in [0.1, 0.15) is 5.75 Å². The highest BCUT2D eigenvalue weighted by atomic mass is 35.5. The number of halogens is 2. The van der Waals surface area contributed by atoms with Gasteiger partial charge in [-0.2, -0.15) is 0 Å². The number of ether oxygens (including phenoxy) is 1. The van der Waals surface area contributed by atoms with Crippen LogP contribution in [-0.4, -0.2) is 13.0 Å². The van der Waals surface area contributed by atoms with Gasteiger partial charge in [0.2, 0.25) is 5.91 Å². The number of hydrogen-bond donors (Lipinski definition) is 1. The fourth-order valence-corrected chi connectivity index (χ4v) is 2.73. The van der Waals surface area contributed by atoms with Crippen molar-refractivity contribution in [2.24, 2.45) is 0 Å². The summed E-state index contributed by atoms with van der Waals surface area (Å²) < 4.78 is 5.25. The summed E-state index contributed by atoms with van der Waals surface area (Å²) in [6, 6.07) is 12.9. The maximum absolute atomic E-state index is 12.0. The van der Waals surface area contributed by atoms with Crippen LogP contribution in [-0.2, 0) is 17.8 Å². The Hall–Kier alpha value is -1.71. The van der Waals surface area contributed by atoms with Crippen LogP contribution >= 0.6 is 23.2 Å². The molecule has 0 bridgehead atoms. The molecule has 5 heteroatoms. The predicted molar refractivity (Wildman–Crippen MR) is 89.6 cm³/mol. The molecule has 22 heavy (non-hydrogen) atoms. The highest BCUT2D eigenvalue weighted by Crippen LogP contribution is 2.25. The molecular weight excluding hydrogens is 321 g/mol. The van der Waals surface area contributed by atoms with E-state index in [-0.39, 0.29) is 5.91 Å². The maximum atomic E-state index is 12.0. The van der Waals surface area contributed by atoms with E-state index in [1.165, 1.54) is 0 Å². The summed E-state index contributed by atoms with van der Waals surface area (Å²) in [4.78, 5) is 12.0. The second-order valence-corrected chi connectivity index (χ2v) is 5.60. The van der Waals surface area contributed by atoms with Crippen LogP contribution in [0.5, 0.6) is 5.75 Å². The van der Waals surface area contributed by atoms with Gasteiger partial charge >= 0.3 is 0 Å². The molecule has 1 N–H and O–H groups in total. The quantitative estimate of drug-likeness (QED) is 0.855. The summed E-state index contributed by atoms with van der Waals surface area (Å²) in [7, 11) is 1.61. The molecule has 116 valence electrons. The van der Waals surface area contributed by atoms with Gasteiger partial charge in [-0.1, -0.05) is 47.5 Å². The molecule has 0 fully saturated rings. The smallest absolute Gasteiger partial charge is 0.220 e. The Bertz CT molecular complexity index is 639. The fourth-order valence-electron chi connectivity index (χ4n) is 2.14. The normalized spacial score (nSPS) is 10.3. The largest absolute Gasteiger partial charge is 0.496 e. The Morgan fingerprint density at radius 3 is 2.45 bits per heavy atom. The zero-order valence-electron chi connectivity index (χ0n) is 12.2. The van der Waals surface area contributed by atoms with Gasteiger partial charge in [-0.05, 0) is 30.2 Å². The van der Waals surface area contributed by atoms with E-state index in [2.05, 4.69) is 5.32 Å². The molecule has 0 unspecified atom stereocenters. The SMILES string of the molecule is COc1ccccc1CNC(=O)CCc1c(Cl)cccc1Cl. The van der Waals surface area contributed by atoms with Crippen LogP contribution in [0.25, 0.3) is 0 Å². The Morgan fingerprint density at radius 1 is 1.09 bits per heavy atom. The Balaban J connectivity index is 1.88. The first-order chi connectivity index (χ1) is 10.6. The molecule has 0 aliphatic rings. The molecule has 0 spiro atoms. The standard InChI is InChI=1S/C17H17Cl2NO2/c1-22-16-8-3-2-5-12(16)11-20-17(21)10-9-13-14(18)6-4-7-15(13)19/h2-8H,9-11H2,1H3,(H,20,21). The van der Waals surface area contributed by atoms with Crippen molar-refractivity contribution >= 4 is 29.1 Å². The van der Waals surface area contributed by atoms with E-state index >= 15 is 0 Å². The number of benzene rings is 2. The number of amides is 1. The number of rotatable bonds is 6. The number of carbonyl (C=O) groups is 1.